The average molecular weight is 210 g/mol. The molecule has 0 spiro atoms. The van der Waals surface area contributed by atoms with Crippen molar-refractivity contribution in [1.29, 1.82) is 0 Å². The second-order valence-corrected chi connectivity index (χ2v) is 5.41. The van der Waals surface area contributed by atoms with Crippen molar-refractivity contribution in [3.05, 3.63) is 0 Å². The van der Waals surface area contributed by atoms with E-state index in [2.05, 4.69) is 24.1 Å². The Morgan fingerprint density at radius 2 is 1.93 bits per heavy atom. The van der Waals surface area contributed by atoms with Crippen LogP contribution in [0.25, 0.3) is 0 Å². The van der Waals surface area contributed by atoms with Crippen molar-refractivity contribution >= 4 is 5.91 Å². The van der Waals surface area contributed by atoms with Crippen LogP contribution >= 0.6 is 0 Å². The predicted molar refractivity (Wildman–Crippen MR) is 60.5 cm³/mol. The molecule has 0 saturated carbocycles. The van der Waals surface area contributed by atoms with Crippen LogP contribution in [-0.2, 0) is 4.79 Å². The topological polar surface area (TPSA) is 32.3 Å². The minimum Gasteiger partial charge on any atom is -0.342 e. The number of likely N-dealkylation sites (tertiary alicyclic amines) is 1. The Balaban J connectivity index is 1.78. The SMILES string of the molecule is CC(C)CCC(=O)N1C[C@H]2CNC[C@H]2C1. The molecule has 0 aromatic rings. The molecule has 0 unspecified atom stereocenters. The maximum atomic E-state index is 11.9. The molecule has 2 rings (SSSR count). The van der Waals surface area contributed by atoms with Crippen LogP contribution in [0.2, 0.25) is 0 Å². The third-order valence-electron chi connectivity index (χ3n) is 3.68. The highest BCUT2D eigenvalue weighted by molar-refractivity contribution is 5.76. The molecule has 3 nitrogen and oxygen atoms in total. The summed E-state index contributed by atoms with van der Waals surface area (Å²) in [5.41, 5.74) is 0. The Morgan fingerprint density at radius 3 is 2.47 bits per heavy atom. The van der Waals surface area contributed by atoms with Crippen molar-refractivity contribution in [2.45, 2.75) is 26.7 Å². The highest BCUT2D eigenvalue weighted by Crippen LogP contribution is 2.26. The molecule has 2 saturated heterocycles. The summed E-state index contributed by atoms with van der Waals surface area (Å²) in [7, 11) is 0. The Kier molecular flexibility index (Phi) is 3.29. The first-order valence-corrected chi connectivity index (χ1v) is 6.15. The van der Waals surface area contributed by atoms with E-state index in [9.17, 15) is 4.79 Å². The molecule has 2 heterocycles. The second-order valence-electron chi connectivity index (χ2n) is 5.41. The minimum absolute atomic E-state index is 0.373. The van der Waals surface area contributed by atoms with Gasteiger partial charge in [0.1, 0.15) is 0 Å². The number of rotatable bonds is 3. The van der Waals surface area contributed by atoms with Crippen molar-refractivity contribution in [3.63, 3.8) is 0 Å². The standard InChI is InChI=1S/C12H22N2O/c1-9(2)3-4-12(15)14-7-10-5-13-6-11(10)8-14/h9-11,13H,3-8H2,1-2H3/t10-,11+. The molecule has 2 fully saturated rings. The minimum atomic E-state index is 0.373. The van der Waals surface area contributed by atoms with Crippen LogP contribution in [-0.4, -0.2) is 37.0 Å². The number of carbonyl (C=O) groups is 1. The van der Waals surface area contributed by atoms with Crippen molar-refractivity contribution in [3.8, 4) is 0 Å². The third kappa shape index (κ3) is 2.51. The number of fused-ring (bicyclic) bond motifs is 1. The van der Waals surface area contributed by atoms with E-state index in [1.165, 1.54) is 0 Å². The van der Waals surface area contributed by atoms with E-state index in [0.717, 1.165) is 50.9 Å². The zero-order valence-corrected chi connectivity index (χ0v) is 9.83. The summed E-state index contributed by atoms with van der Waals surface area (Å²) >= 11 is 0. The molecule has 0 radical (unpaired) electrons. The van der Waals surface area contributed by atoms with Gasteiger partial charge in [0.2, 0.25) is 5.91 Å². The van der Waals surface area contributed by atoms with Gasteiger partial charge in [-0.05, 0) is 24.2 Å². The van der Waals surface area contributed by atoms with E-state index < -0.39 is 0 Å². The van der Waals surface area contributed by atoms with Crippen LogP contribution in [0.4, 0.5) is 0 Å². The first kappa shape index (κ1) is 10.9. The van der Waals surface area contributed by atoms with Gasteiger partial charge in [0.25, 0.3) is 0 Å². The van der Waals surface area contributed by atoms with Gasteiger partial charge in [-0.3, -0.25) is 4.79 Å². The molecule has 2 atom stereocenters. The Hall–Kier alpha value is -0.570. The predicted octanol–water partition coefficient (Wildman–Crippen LogP) is 1.10. The van der Waals surface area contributed by atoms with Crippen LogP contribution in [0.5, 0.6) is 0 Å². The highest BCUT2D eigenvalue weighted by Gasteiger charge is 2.37. The lowest BCUT2D eigenvalue weighted by atomic mass is 10.0. The molecular formula is C12H22N2O. The molecule has 0 aromatic heterocycles. The van der Waals surface area contributed by atoms with Gasteiger partial charge in [-0.25, -0.2) is 0 Å². The van der Waals surface area contributed by atoms with Crippen molar-refractivity contribution in [2.75, 3.05) is 26.2 Å². The van der Waals surface area contributed by atoms with Gasteiger partial charge in [-0.2, -0.15) is 0 Å². The zero-order valence-electron chi connectivity index (χ0n) is 9.83. The number of amides is 1. The molecule has 1 N–H and O–H groups in total. The maximum absolute atomic E-state index is 11.9. The third-order valence-corrected chi connectivity index (χ3v) is 3.68. The first-order valence-electron chi connectivity index (χ1n) is 6.15. The Morgan fingerprint density at radius 1 is 1.33 bits per heavy atom. The van der Waals surface area contributed by atoms with Gasteiger partial charge in [0.15, 0.2) is 0 Å². The van der Waals surface area contributed by atoms with E-state index in [0.29, 0.717) is 11.8 Å². The number of hydrogen-bond donors (Lipinski definition) is 1. The molecule has 1 amide bonds. The smallest absolute Gasteiger partial charge is 0.222 e. The van der Waals surface area contributed by atoms with Crippen LogP contribution in [0.1, 0.15) is 26.7 Å². The molecule has 2 aliphatic rings. The number of nitrogens with zero attached hydrogens (tertiary/aromatic N) is 1. The largest absolute Gasteiger partial charge is 0.342 e. The summed E-state index contributed by atoms with van der Waals surface area (Å²) in [6.45, 7) is 8.56. The molecule has 0 bridgehead atoms. The Bertz CT molecular complexity index is 228. The number of hydrogen-bond acceptors (Lipinski definition) is 2. The second kappa shape index (κ2) is 4.52. The number of carbonyl (C=O) groups excluding carboxylic acids is 1. The van der Waals surface area contributed by atoms with Crippen LogP contribution in [0.15, 0.2) is 0 Å². The van der Waals surface area contributed by atoms with E-state index in [4.69, 9.17) is 0 Å². The fourth-order valence-corrected chi connectivity index (χ4v) is 2.63. The molecule has 0 aromatic carbocycles. The zero-order chi connectivity index (χ0) is 10.8. The summed E-state index contributed by atoms with van der Waals surface area (Å²) in [5, 5.41) is 3.40. The summed E-state index contributed by atoms with van der Waals surface area (Å²) in [6.07, 6.45) is 1.77. The van der Waals surface area contributed by atoms with Gasteiger partial charge in [-0.1, -0.05) is 13.8 Å². The number of nitrogens with one attached hydrogen (secondary N) is 1. The van der Waals surface area contributed by atoms with E-state index in [1.807, 2.05) is 0 Å². The molecule has 86 valence electrons. The van der Waals surface area contributed by atoms with Gasteiger partial charge in [-0.15, -0.1) is 0 Å². The van der Waals surface area contributed by atoms with Gasteiger partial charge in [0, 0.05) is 32.6 Å². The average Bonchev–Trinajstić information content (AvgIpc) is 2.72. The first-order chi connectivity index (χ1) is 7.16. The van der Waals surface area contributed by atoms with Crippen molar-refractivity contribution in [1.82, 2.24) is 10.2 Å². The summed E-state index contributed by atoms with van der Waals surface area (Å²) in [6, 6.07) is 0. The van der Waals surface area contributed by atoms with Gasteiger partial charge in [0.05, 0.1) is 0 Å². The quantitative estimate of drug-likeness (QED) is 0.756. The summed E-state index contributed by atoms with van der Waals surface area (Å²) in [5.74, 6) is 2.47. The van der Waals surface area contributed by atoms with Crippen LogP contribution in [0.3, 0.4) is 0 Å². The lowest BCUT2D eigenvalue weighted by Gasteiger charge is -2.17. The molecule has 3 heteroatoms. The molecule has 0 aliphatic carbocycles. The van der Waals surface area contributed by atoms with E-state index in [-0.39, 0.29) is 0 Å². The molecule has 15 heavy (non-hydrogen) atoms. The monoisotopic (exact) mass is 210 g/mol. The lowest BCUT2D eigenvalue weighted by molar-refractivity contribution is -0.130. The summed E-state index contributed by atoms with van der Waals surface area (Å²) in [4.78, 5) is 14.0. The maximum Gasteiger partial charge on any atom is 0.222 e. The van der Waals surface area contributed by atoms with E-state index in [1.54, 1.807) is 0 Å². The normalized spacial score (nSPS) is 29.9. The van der Waals surface area contributed by atoms with Crippen LogP contribution < -0.4 is 5.32 Å². The highest BCUT2D eigenvalue weighted by atomic mass is 16.2. The molecular weight excluding hydrogens is 188 g/mol. The summed E-state index contributed by atoms with van der Waals surface area (Å²) < 4.78 is 0. The Labute approximate surface area is 92.2 Å². The van der Waals surface area contributed by atoms with Crippen molar-refractivity contribution in [2.24, 2.45) is 17.8 Å². The lowest BCUT2D eigenvalue weighted by Crippen LogP contribution is -2.31. The van der Waals surface area contributed by atoms with Gasteiger partial charge >= 0.3 is 0 Å². The molecule has 2 aliphatic heterocycles. The van der Waals surface area contributed by atoms with E-state index >= 15 is 0 Å². The fraction of sp³-hybridized carbons (Fsp3) is 0.917. The van der Waals surface area contributed by atoms with Crippen molar-refractivity contribution < 1.29 is 4.79 Å². The van der Waals surface area contributed by atoms with Crippen LogP contribution in [0, 0.1) is 17.8 Å². The van der Waals surface area contributed by atoms with Gasteiger partial charge < -0.3 is 10.2 Å². The fourth-order valence-electron chi connectivity index (χ4n) is 2.63.